The van der Waals surface area contributed by atoms with Crippen LogP contribution in [0.1, 0.15) is 60.0 Å². The largest absolute Gasteiger partial charge is 0.493 e. The molecule has 0 radical (unpaired) electrons. The molecular weight excluding hydrogens is 709 g/mol. The van der Waals surface area contributed by atoms with E-state index in [0.717, 1.165) is 30.5 Å². The number of benzene rings is 2. The second-order valence-corrected chi connectivity index (χ2v) is 14.6. The van der Waals surface area contributed by atoms with Gasteiger partial charge in [-0.1, -0.05) is 35.3 Å². The Kier molecular flexibility index (Phi) is 11.4. The summed E-state index contributed by atoms with van der Waals surface area (Å²) in [4.78, 5) is 49.5. The number of aromatic nitrogens is 1. The highest BCUT2D eigenvalue weighted by Crippen LogP contribution is 2.43. The molecule has 3 amide bonds. The highest BCUT2D eigenvalue weighted by molar-refractivity contribution is 6.42. The minimum Gasteiger partial charge on any atom is -0.493 e. The Morgan fingerprint density at radius 3 is 2.27 bits per heavy atom. The maximum Gasteiger partial charge on any atom is 0.326 e. The zero-order valence-corrected chi connectivity index (χ0v) is 31.2. The summed E-state index contributed by atoms with van der Waals surface area (Å²) >= 11 is 12.9. The van der Waals surface area contributed by atoms with Crippen molar-refractivity contribution in [2.75, 3.05) is 60.6 Å². The zero-order valence-electron chi connectivity index (χ0n) is 29.7. The number of amides is 3. The lowest BCUT2D eigenvalue weighted by molar-refractivity contribution is -0.141. The van der Waals surface area contributed by atoms with E-state index in [1.165, 1.54) is 26.2 Å². The lowest BCUT2D eigenvalue weighted by atomic mass is 9.76. The van der Waals surface area contributed by atoms with Crippen LogP contribution in [0.25, 0.3) is 0 Å². The van der Waals surface area contributed by atoms with Gasteiger partial charge in [0.25, 0.3) is 5.91 Å². The molecule has 0 spiro atoms. The first-order chi connectivity index (χ1) is 25.0. The predicted octanol–water partition coefficient (Wildman–Crippen LogP) is 5.84. The topological polar surface area (TPSA) is 134 Å². The van der Waals surface area contributed by atoms with E-state index in [2.05, 4.69) is 15.2 Å². The Morgan fingerprint density at radius 2 is 1.65 bits per heavy atom. The molecule has 6 rings (SSSR count). The second-order valence-electron chi connectivity index (χ2n) is 13.8. The first-order valence-corrected chi connectivity index (χ1v) is 18.3. The molecule has 3 aliphatic heterocycles. The fourth-order valence-electron chi connectivity index (χ4n) is 8.05. The Labute approximate surface area is 313 Å². The third kappa shape index (κ3) is 7.47. The maximum absolute atomic E-state index is 14.0. The molecule has 278 valence electrons. The van der Waals surface area contributed by atoms with Crippen molar-refractivity contribution in [3.63, 3.8) is 0 Å². The van der Waals surface area contributed by atoms with Crippen LogP contribution in [-0.2, 0) is 15.7 Å². The quantitative estimate of drug-likeness (QED) is 0.248. The third-order valence-electron chi connectivity index (χ3n) is 11.1. The molecule has 14 heteroatoms. The monoisotopic (exact) mass is 753 g/mol. The van der Waals surface area contributed by atoms with Gasteiger partial charge in [-0.3, -0.25) is 9.78 Å². The summed E-state index contributed by atoms with van der Waals surface area (Å²) in [7, 11) is 4.57. The van der Waals surface area contributed by atoms with Crippen LogP contribution in [0, 0.1) is 0 Å². The van der Waals surface area contributed by atoms with Crippen LogP contribution in [-0.4, -0.2) is 109 Å². The minimum absolute atomic E-state index is 0.140. The smallest absolute Gasteiger partial charge is 0.326 e. The average Bonchev–Trinajstić information content (AvgIpc) is 3.84. The highest BCUT2D eigenvalue weighted by Gasteiger charge is 2.45. The number of nitrogens with zero attached hydrogens (tertiary/aromatic N) is 4. The number of carboxylic acid groups (broad SMARTS) is 1. The molecule has 3 saturated heterocycles. The van der Waals surface area contributed by atoms with Gasteiger partial charge in [0.05, 0.1) is 36.9 Å². The number of pyridine rings is 1. The molecule has 2 atom stereocenters. The van der Waals surface area contributed by atoms with Gasteiger partial charge in [-0.15, -0.1) is 0 Å². The number of rotatable bonds is 11. The number of piperidine rings is 1. The van der Waals surface area contributed by atoms with Crippen LogP contribution in [0.2, 0.25) is 10.0 Å². The normalized spacial score (nSPS) is 21.5. The Balaban J connectivity index is 1.20. The van der Waals surface area contributed by atoms with Gasteiger partial charge in [-0.25, -0.2) is 9.59 Å². The van der Waals surface area contributed by atoms with Crippen molar-refractivity contribution in [3.8, 4) is 17.2 Å². The fraction of sp³-hybridized carbons (Fsp3) is 0.474. The molecule has 2 aromatic carbocycles. The summed E-state index contributed by atoms with van der Waals surface area (Å²) in [6.07, 6.45) is 7.33. The number of ether oxygens (including phenoxy) is 3. The molecule has 0 aliphatic carbocycles. The highest BCUT2D eigenvalue weighted by atomic mass is 35.5. The summed E-state index contributed by atoms with van der Waals surface area (Å²) in [5.74, 6) is 0.114. The Morgan fingerprint density at radius 1 is 0.923 bits per heavy atom. The number of urea groups is 1. The SMILES string of the molecule is COc1cc(C(=O)N2CCC(CCN3CCC(NC(=O)N4CCCC4C(=O)O)(c4cccnc4)CC3)(c3ccc(Cl)c(Cl)c3)C2)cc(OC)c1OC. The van der Waals surface area contributed by atoms with Gasteiger partial charge in [-0.05, 0) is 86.5 Å². The summed E-state index contributed by atoms with van der Waals surface area (Å²) in [6.45, 7) is 3.57. The molecule has 0 bridgehead atoms. The van der Waals surface area contributed by atoms with Crippen LogP contribution in [0.4, 0.5) is 4.79 Å². The van der Waals surface area contributed by atoms with E-state index < -0.39 is 23.0 Å². The number of hydrogen-bond donors (Lipinski definition) is 2. The summed E-state index contributed by atoms with van der Waals surface area (Å²) in [5, 5.41) is 13.9. The van der Waals surface area contributed by atoms with Crippen LogP contribution < -0.4 is 19.5 Å². The number of hydrogen-bond acceptors (Lipinski definition) is 8. The zero-order chi connectivity index (χ0) is 37.0. The molecule has 52 heavy (non-hydrogen) atoms. The van der Waals surface area contributed by atoms with E-state index in [-0.39, 0.29) is 11.9 Å². The summed E-state index contributed by atoms with van der Waals surface area (Å²) < 4.78 is 16.5. The van der Waals surface area contributed by atoms with Crippen molar-refractivity contribution in [2.24, 2.45) is 0 Å². The molecule has 2 unspecified atom stereocenters. The number of methoxy groups -OCH3 is 3. The predicted molar refractivity (Wildman–Crippen MR) is 197 cm³/mol. The van der Waals surface area contributed by atoms with Crippen molar-refractivity contribution >= 4 is 41.1 Å². The van der Waals surface area contributed by atoms with Crippen molar-refractivity contribution in [1.29, 1.82) is 0 Å². The standard InChI is InChI=1S/C38H45Cl2N5O7/c1-50-31-20-25(21-32(51-2)33(31)52-3)34(46)44-19-11-37(24-44,26-8-9-28(39)29(40)22-26)10-16-43-17-12-38(13-18-43,27-6-4-14-41-23-27)42-36(49)45-15-5-7-30(45)35(47)48/h4,6,8-9,14,20-23,30H,5,7,10-13,15-19,24H2,1-3H3,(H,42,49)(H,47,48). The Hall–Kier alpha value is -4.26. The molecular formula is C38H45Cl2N5O7. The molecule has 2 N–H and O–H groups in total. The average molecular weight is 755 g/mol. The lowest BCUT2D eigenvalue weighted by Crippen LogP contribution is -2.57. The van der Waals surface area contributed by atoms with Crippen molar-refractivity contribution in [1.82, 2.24) is 25.0 Å². The van der Waals surface area contributed by atoms with Gasteiger partial charge in [-0.2, -0.15) is 0 Å². The molecule has 3 aliphatic rings. The van der Waals surface area contributed by atoms with Crippen LogP contribution >= 0.6 is 23.2 Å². The second kappa shape index (κ2) is 15.8. The van der Waals surface area contributed by atoms with Gasteiger partial charge >= 0.3 is 12.0 Å². The van der Waals surface area contributed by atoms with Gasteiger partial charge in [0, 0.05) is 56.1 Å². The summed E-state index contributed by atoms with van der Waals surface area (Å²) in [6, 6.07) is 11.7. The molecule has 0 saturated carbocycles. The number of halogens is 2. The van der Waals surface area contributed by atoms with Crippen molar-refractivity contribution in [3.05, 3.63) is 81.6 Å². The first-order valence-electron chi connectivity index (χ1n) is 17.5. The minimum atomic E-state index is -0.982. The van der Waals surface area contributed by atoms with E-state index in [9.17, 15) is 19.5 Å². The Bertz CT molecular complexity index is 1760. The molecule has 3 fully saturated rings. The van der Waals surface area contributed by atoms with Crippen molar-refractivity contribution < 1.29 is 33.7 Å². The van der Waals surface area contributed by atoms with E-state index in [1.807, 2.05) is 35.2 Å². The van der Waals surface area contributed by atoms with E-state index >= 15 is 0 Å². The van der Waals surface area contributed by atoms with Crippen LogP contribution in [0.5, 0.6) is 17.2 Å². The number of carbonyl (C=O) groups is 3. The molecule has 4 heterocycles. The van der Waals surface area contributed by atoms with E-state index in [0.29, 0.717) is 91.3 Å². The third-order valence-corrected chi connectivity index (χ3v) is 11.8. The molecule has 1 aromatic heterocycles. The number of likely N-dealkylation sites (tertiary alicyclic amines) is 3. The summed E-state index contributed by atoms with van der Waals surface area (Å²) in [5.41, 5.74) is 1.28. The number of nitrogens with one attached hydrogen (secondary N) is 1. The number of carboxylic acids is 1. The van der Waals surface area contributed by atoms with Gasteiger partial charge in [0.15, 0.2) is 11.5 Å². The van der Waals surface area contributed by atoms with Gasteiger partial charge in [0.1, 0.15) is 6.04 Å². The van der Waals surface area contributed by atoms with Crippen LogP contribution in [0.15, 0.2) is 54.9 Å². The lowest BCUT2D eigenvalue weighted by Gasteiger charge is -2.44. The molecule has 3 aromatic rings. The van der Waals surface area contributed by atoms with Crippen LogP contribution in [0.3, 0.4) is 0 Å². The fourth-order valence-corrected chi connectivity index (χ4v) is 8.35. The van der Waals surface area contributed by atoms with Gasteiger partial charge < -0.3 is 39.3 Å². The van der Waals surface area contributed by atoms with Gasteiger partial charge in [0.2, 0.25) is 5.75 Å². The molecule has 12 nitrogen and oxygen atoms in total. The van der Waals surface area contributed by atoms with E-state index in [1.54, 1.807) is 24.5 Å². The maximum atomic E-state index is 14.0. The number of carbonyl (C=O) groups excluding carboxylic acids is 2. The van der Waals surface area contributed by atoms with Crippen molar-refractivity contribution in [2.45, 2.75) is 55.5 Å². The van der Waals surface area contributed by atoms with E-state index in [4.69, 9.17) is 37.4 Å². The first kappa shape index (κ1) is 37.5. The number of aliphatic carboxylic acids is 1.